The molecule has 1 amide bonds. The minimum Gasteiger partial charge on any atom is -0.350 e. The highest BCUT2D eigenvalue weighted by Crippen LogP contribution is 2.39. The summed E-state index contributed by atoms with van der Waals surface area (Å²) in [5.41, 5.74) is 6.78. The SMILES string of the molecule is C=CCC1O[C@H](OC[C@H](NC(=O)C#CC#CC#CC#CC#CC#CC#CC#CC#CC#CC#CC#CC)[C@H](N)CCCC(C)(C)C)C(C=C)[C@@H](C=C)[C@H]1C=C.[HH].[HH].[HH].[HH].[HH].[HH].[HH].[HH].[HH].[HH].[HH].[HH].[HH].[HH].[HH].[HH].[HH].[HH].[HH].[HH].[HH].[HH].[HH].[HH]. The third-order valence-corrected chi connectivity index (χ3v) is 7.51. The van der Waals surface area contributed by atoms with E-state index in [4.69, 9.17) is 15.2 Å². The smallest absolute Gasteiger partial charge is 0.297 e. The van der Waals surface area contributed by atoms with E-state index in [9.17, 15) is 4.79 Å². The first-order chi connectivity index (χ1) is 26.6. The lowest BCUT2D eigenvalue weighted by molar-refractivity contribution is -0.235. The second-order valence-corrected chi connectivity index (χ2v) is 12.7. The molecule has 320 valence electrons. The van der Waals surface area contributed by atoms with Crippen molar-refractivity contribution < 1.29 is 48.5 Å². The zero-order chi connectivity index (χ0) is 40.6. The summed E-state index contributed by atoms with van der Waals surface area (Å²) >= 11 is 0. The fourth-order valence-electron chi connectivity index (χ4n) is 4.98. The number of carbonyl (C=O) groups is 1. The maximum absolute atomic E-state index is 12.8. The number of hydrogen-bond donors (Lipinski definition) is 2. The molecule has 0 radical (unpaired) electrons. The van der Waals surface area contributed by atoms with Crippen molar-refractivity contribution in [3.8, 4) is 142 Å². The number of hydrogen-bond acceptors (Lipinski definition) is 4. The molecule has 0 aliphatic carbocycles. The van der Waals surface area contributed by atoms with E-state index in [1.54, 1.807) is 6.92 Å². The van der Waals surface area contributed by atoms with E-state index in [-0.39, 0.29) is 76.2 Å². The van der Waals surface area contributed by atoms with Crippen LogP contribution in [0.25, 0.3) is 0 Å². The summed E-state index contributed by atoms with van der Waals surface area (Å²) in [4.78, 5) is 12.8. The van der Waals surface area contributed by atoms with Crippen molar-refractivity contribution in [2.45, 2.75) is 77.9 Å². The highest BCUT2D eigenvalue weighted by molar-refractivity contribution is 5.94. The number of ether oxygens (including phenoxy) is 2. The topological polar surface area (TPSA) is 73.6 Å². The number of carbonyl (C=O) groups excluding carboxylic acids is 1. The fourth-order valence-corrected chi connectivity index (χ4v) is 4.98. The molecule has 5 nitrogen and oxygen atoms in total. The van der Waals surface area contributed by atoms with E-state index in [1.165, 1.54) is 0 Å². The van der Waals surface area contributed by atoms with Crippen LogP contribution in [0.5, 0.6) is 0 Å². The van der Waals surface area contributed by atoms with Crippen LogP contribution < -0.4 is 11.1 Å². The molecule has 3 N–H and O–H groups in total. The molecular formula is C50H92N2O3. The Morgan fingerprint density at radius 1 is 0.727 bits per heavy atom. The van der Waals surface area contributed by atoms with Crippen LogP contribution in [0.2, 0.25) is 0 Å². The van der Waals surface area contributed by atoms with E-state index in [0.717, 1.165) is 12.8 Å². The van der Waals surface area contributed by atoms with Crippen LogP contribution in [-0.2, 0) is 14.3 Å². The molecule has 1 saturated heterocycles. The van der Waals surface area contributed by atoms with E-state index < -0.39 is 18.2 Å². The Morgan fingerprint density at radius 3 is 1.56 bits per heavy atom. The van der Waals surface area contributed by atoms with Gasteiger partial charge in [-0.3, -0.25) is 4.79 Å². The highest BCUT2D eigenvalue weighted by atomic mass is 16.7. The minimum atomic E-state index is -0.628. The molecule has 5 heteroatoms. The summed E-state index contributed by atoms with van der Waals surface area (Å²) in [6.07, 6.45) is 9.74. The number of rotatable bonds is 13. The molecule has 2 unspecified atom stereocenters. The molecule has 0 saturated carbocycles. The molecule has 0 aromatic rings. The Balaban J connectivity index is -0.0000000573. The molecule has 1 aliphatic heterocycles. The molecule has 1 heterocycles. The molecule has 0 aromatic heterocycles. The second kappa shape index (κ2) is 28.6. The molecule has 0 aromatic carbocycles. The molecule has 55 heavy (non-hydrogen) atoms. The highest BCUT2D eigenvalue weighted by Gasteiger charge is 2.42. The third-order valence-electron chi connectivity index (χ3n) is 7.51. The van der Waals surface area contributed by atoms with Crippen molar-refractivity contribution in [2.24, 2.45) is 28.9 Å². The monoisotopic (exact) mass is 769 g/mol. The van der Waals surface area contributed by atoms with Gasteiger partial charge in [0.1, 0.15) is 0 Å². The molecule has 0 bridgehead atoms. The Kier molecular flexibility index (Phi) is 23.9. The first-order valence-corrected chi connectivity index (χ1v) is 17.4. The molecule has 1 fully saturated rings. The third kappa shape index (κ3) is 21.2. The average molecular weight is 769 g/mol. The Morgan fingerprint density at radius 2 is 1.16 bits per heavy atom. The maximum atomic E-state index is 12.8. The van der Waals surface area contributed by atoms with Crippen molar-refractivity contribution in [2.75, 3.05) is 6.61 Å². The molecule has 7 atom stereocenters. The Hall–Kier alpha value is -6.97. The van der Waals surface area contributed by atoms with Gasteiger partial charge in [-0.2, -0.15) is 0 Å². The van der Waals surface area contributed by atoms with Gasteiger partial charge in [0, 0.05) is 93.6 Å². The first kappa shape index (κ1) is 46.1. The van der Waals surface area contributed by atoms with Gasteiger partial charge in [-0.05, 0) is 132 Å². The van der Waals surface area contributed by atoms with Crippen molar-refractivity contribution >= 4 is 5.91 Å². The largest absolute Gasteiger partial charge is 0.350 e. The van der Waals surface area contributed by atoms with E-state index in [2.05, 4.69) is 194 Å². The minimum absolute atomic E-state index is 0. The number of nitrogens with two attached hydrogens (primary N) is 1. The standard InChI is InChI=1S/C50H44N2O3.24H2/c1-9-14-15-16-17-18-19-20-21-22-23-24-25-26-27-28-29-30-31-32-33-34-35-39-48(53)52-46(45(51)38-36-40-50(6,7)8)41-54-49-44(13-5)42(11-3)43(12-4)47(55-49)37-10-2;;;;;;;;;;;;;;;;;;;;;;;;/h10-13,42-47,49H,2-5,36-38,40-41,51H2,1,6-8H3,(H,52,53);24*1H/t42-,43+,44?,45+,46-,47?,49-;;;;;;;;;;;;;;;;;;;;;;;;/m0......................../s1. The van der Waals surface area contributed by atoms with E-state index >= 15 is 0 Å². The summed E-state index contributed by atoms with van der Waals surface area (Å²) in [6.45, 7) is 24.3. The van der Waals surface area contributed by atoms with Crippen molar-refractivity contribution in [3.05, 3.63) is 50.6 Å². The number of allylic oxidation sites excluding steroid dienone is 1. The lowest BCUT2D eigenvalue weighted by Gasteiger charge is -2.44. The van der Waals surface area contributed by atoms with Crippen LogP contribution in [0, 0.1) is 165 Å². The average Bonchev–Trinajstić information content (AvgIpc) is 3.15. The Bertz CT molecular complexity index is 2270. The van der Waals surface area contributed by atoms with Gasteiger partial charge in [0.2, 0.25) is 0 Å². The van der Waals surface area contributed by atoms with Gasteiger partial charge >= 0.3 is 0 Å². The normalized spacial score (nSPS) is 17.7. The van der Waals surface area contributed by atoms with Crippen LogP contribution in [-0.4, -0.2) is 37.0 Å². The predicted molar refractivity (Wildman–Crippen MR) is 273 cm³/mol. The number of nitrogens with one attached hydrogen (secondary N) is 1. The molecule has 1 rings (SSSR count). The summed E-state index contributed by atoms with van der Waals surface area (Å²) < 4.78 is 12.7. The summed E-state index contributed by atoms with van der Waals surface area (Å²) in [6, 6.07) is -0.925. The molecular weight excluding hydrogens is 677 g/mol. The van der Waals surface area contributed by atoms with Crippen LogP contribution in [0.3, 0.4) is 0 Å². The molecule has 0 spiro atoms. The van der Waals surface area contributed by atoms with Crippen molar-refractivity contribution in [1.29, 1.82) is 0 Å². The number of amides is 1. The lowest BCUT2D eigenvalue weighted by Crippen LogP contribution is -2.53. The van der Waals surface area contributed by atoms with Crippen molar-refractivity contribution in [1.82, 2.24) is 5.32 Å². The maximum Gasteiger partial charge on any atom is 0.297 e. The van der Waals surface area contributed by atoms with Crippen LogP contribution in [0.1, 0.15) is 87.6 Å². The van der Waals surface area contributed by atoms with Gasteiger partial charge in [-0.1, -0.05) is 57.4 Å². The zero-order valence-electron chi connectivity index (χ0n) is 32.0. The van der Waals surface area contributed by atoms with E-state index in [0.29, 0.717) is 12.8 Å². The first-order valence-electron chi connectivity index (χ1n) is 17.4. The summed E-state index contributed by atoms with van der Waals surface area (Å²) in [7, 11) is 0. The van der Waals surface area contributed by atoms with Gasteiger partial charge in [0.15, 0.2) is 6.29 Å². The van der Waals surface area contributed by atoms with E-state index in [1.807, 2.05) is 24.3 Å². The van der Waals surface area contributed by atoms with Crippen molar-refractivity contribution in [3.63, 3.8) is 0 Å². The van der Waals surface area contributed by atoms with Gasteiger partial charge in [0.05, 0.1) is 18.8 Å². The second-order valence-electron chi connectivity index (χ2n) is 12.7. The Labute approximate surface area is 366 Å². The fraction of sp³-hybridized carbons (Fsp3) is 0.340. The van der Waals surface area contributed by atoms with Gasteiger partial charge in [-0.25, -0.2) is 0 Å². The van der Waals surface area contributed by atoms with Gasteiger partial charge in [-0.15, -0.1) is 26.3 Å². The van der Waals surface area contributed by atoms with Crippen LogP contribution in [0.4, 0.5) is 0 Å². The molecule has 1 aliphatic rings. The zero-order valence-corrected chi connectivity index (χ0v) is 32.0. The van der Waals surface area contributed by atoms with Crippen LogP contribution in [0.15, 0.2) is 50.6 Å². The van der Waals surface area contributed by atoms with Crippen LogP contribution >= 0.6 is 0 Å². The predicted octanol–water partition coefficient (Wildman–Crippen LogP) is 10.7. The summed E-state index contributed by atoms with van der Waals surface area (Å²) in [5, 5.41) is 2.90. The summed E-state index contributed by atoms with van der Waals surface area (Å²) in [5.74, 6) is 60.0. The lowest BCUT2D eigenvalue weighted by atomic mass is 9.75. The van der Waals surface area contributed by atoms with Gasteiger partial charge in [0.25, 0.3) is 5.91 Å². The quantitative estimate of drug-likeness (QED) is 0.145. The van der Waals surface area contributed by atoms with Gasteiger partial charge < -0.3 is 20.5 Å².